The normalized spacial score (nSPS) is 14.9. The number of nitrogens with two attached hydrogens (primary N) is 1. The average molecular weight is 278 g/mol. The lowest BCUT2D eigenvalue weighted by molar-refractivity contribution is 0.0177. The van der Waals surface area contributed by atoms with E-state index < -0.39 is 18.0 Å². The highest BCUT2D eigenvalue weighted by molar-refractivity contribution is 9.09. The van der Waals surface area contributed by atoms with Crippen LogP contribution in [0.3, 0.4) is 0 Å². The van der Waals surface area contributed by atoms with Crippen LogP contribution < -0.4 is 5.73 Å². The van der Waals surface area contributed by atoms with Crippen molar-refractivity contribution in [3.63, 3.8) is 0 Å². The van der Waals surface area contributed by atoms with Gasteiger partial charge in [0.2, 0.25) is 0 Å². The fourth-order valence-corrected chi connectivity index (χ4v) is 1.76. The molecule has 3 nitrogen and oxygen atoms in total. The number of aliphatic hydroxyl groups excluding tert-OH is 2. The van der Waals surface area contributed by atoms with E-state index in [1.807, 2.05) is 0 Å². The Balaban J connectivity index is 2.86. The van der Waals surface area contributed by atoms with Gasteiger partial charge in [-0.1, -0.05) is 22.0 Å². The highest BCUT2D eigenvalue weighted by Gasteiger charge is 2.19. The standard InChI is InChI=1S/C10H13BrFNO2/c11-4-3-9(14)10(15)7-2-1-6(12)5-8(7)13/h1-2,5,9-10,14-15H,3-4,13H2. The monoisotopic (exact) mass is 277 g/mol. The first-order chi connectivity index (χ1) is 7.06. The number of rotatable bonds is 4. The molecule has 0 bridgehead atoms. The third-order valence-electron chi connectivity index (χ3n) is 2.14. The van der Waals surface area contributed by atoms with Gasteiger partial charge < -0.3 is 15.9 Å². The van der Waals surface area contributed by atoms with Crippen molar-refractivity contribution in [1.82, 2.24) is 0 Å². The van der Waals surface area contributed by atoms with Crippen molar-refractivity contribution in [3.8, 4) is 0 Å². The molecule has 0 saturated carbocycles. The molecule has 1 aromatic carbocycles. The molecule has 0 radical (unpaired) electrons. The molecule has 0 aliphatic heterocycles. The first-order valence-electron chi connectivity index (χ1n) is 4.53. The molecule has 0 aliphatic carbocycles. The van der Waals surface area contributed by atoms with E-state index in [0.29, 0.717) is 17.3 Å². The van der Waals surface area contributed by atoms with Crippen LogP contribution in [0.5, 0.6) is 0 Å². The number of anilines is 1. The van der Waals surface area contributed by atoms with E-state index in [9.17, 15) is 14.6 Å². The number of hydrogen-bond acceptors (Lipinski definition) is 3. The minimum atomic E-state index is -1.08. The maximum absolute atomic E-state index is 12.7. The predicted molar refractivity (Wildman–Crippen MR) is 60.2 cm³/mol. The summed E-state index contributed by atoms with van der Waals surface area (Å²) in [4.78, 5) is 0. The molecule has 0 amide bonds. The minimum Gasteiger partial charge on any atom is -0.398 e. The van der Waals surface area contributed by atoms with Crippen molar-refractivity contribution in [2.24, 2.45) is 0 Å². The summed E-state index contributed by atoms with van der Waals surface area (Å²) in [6, 6.07) is 3.71. The van der Waals surface area contributed by atoms with E-state index in [0.717, 1.165) is 6.07 Å². The fraction of sp³-hybridized carbons (Fsp3) is 0.400. The summed E-state index contributed by atoms with van der Waals surface area (Å²) in [6.07, 6.45) is -1.59. The zero-order valence-electron chi connectivity index (χ0n) is 8.03. The Morgan fingerprint density at radius 1 is 1.40 bits per heavy atom. The molecule has 15 heavy (non-hydrogen) atoms. The van der Waals surface area contributed by atoms with Crippen LogP contribution in [0.2, 0.25) is 0 Å². The number of halogens is 2. The molecule has 5 heteroatoms. The van der Waals surface area contributed by atoms with E-state index in [-0.39, 0.29) is 5.69 Å². The molecule has 2 unspecified atom stereocenters. The molecule has 0 aromatic heterocycles. The molecular weight excluding hydrogens is 265 g/mol. The van der Waals surface area contributed by atoms with Gasteiger partial charge in [-0.2, -0.15) is 0 Å². The number of hydrogen-bond donors (Lipinski definition) is 3. The van der Waals surface area contributed by atoms with Crippen LogP contribution in [0.15, 0.2) is 18.2 Å². The van der Waals surface area contributed by atoms with Gasteiger partial charge in [0.25, 0.3) is 0 Å². The summed E-state index contributed by atoms with van der Waals surface area (Å²) in [5.74, 6) is -0.460. The molecule has 4 N–H and O–H groups in total. The van der Waals surface area contributed by atoms with Gasteiger partial charge in [-0.15, -0.1) is 0 Å². The highest BCUT2D eigenvalue weighted by Crippen LogP contribution is 2.25. The van der Waals surface area contributed by atoms with Gasteiger partial charge in [0, 0.05) is 16.6 Å². The molecule has 2 atom stereocenters. The highest BCUT2D eigenvalue weighted by atomic mass is 79.9. The van der Waals surface area contributed by atoms with Crippen LogP contribution in [0.1, 0.15) is 18.1 Å². The van der Waals surface area contributed by atoms with Crippen LogP contribution in [-0.4, -0.2) is 21.6 Å². The second-order valence-electron chi connectivity index (χ2n) is 3.26. The molecule has 0 saturated heterocycles. The van der Waals surface area contributed by atoms with E-state index >= 15 is 0 Å². The van der Waals surface area contributed by atoms with Crippen molar-refractivity contribution in [3.05, 3.63) is 29.6 Å². The van der Waals surface area contributed by atoms with E-state index in [4.69, 9.17) is 5.73 Å². The molecule has 84 valence electrons. The van der Waals surface area contributed by atoms with Crippen LogP contribution in [-0.2, 0) is 0 Å². The average Bonchev–Trinajstić information content (AvgIpc) is 2.17. The molecular formula is C10H13BrFNO2. The van der Waals surface area contributed by atoms with Gasteiger partial charge in [0.15, 0.2) is 0 Å². The second kappa shape index (κ2) is 5.44. The van der Waals surface area contributed by atoms with E-state index in [1.54, 1.807) is 0 Å². The van der Waals surface area contributed by atoms with Crippen LogP contribution >= 0.6 is 15.9 Å². The molecule has 0 spiro atoms. The Hall–Kier alpha value is -0.650. The summed E-state index contributed by atoms with van der Waals surface area (Å²) in [6.45, 7) is 0. The first kappa shape index (κ1) is 12.4. The summed E-state index contributed by atoms with van der Waals surface area (Å²) >= 11 is 3.16. The molecule has 0 aliphatic rings. The zero-order valence-corrected chi connectivity index (χ0v) is 9.61. The summed E-state index contributed by atoms with van der Waals surface area (Å²) in [5, 5.41) is 19.8. The van der Waals surface area contributed by atoms with Crippen molar-refractivity contribution < 1.29 is 14.6 Å². The van der Waals surface area contributed by atoms with Gasteiger partial charge >= 0.3 is 0 Å². The van der Waals surface area contributed by atoms with Gasteiger partial charge in [0.05, 0.1) is 6.10 Å². The van der Waals surface area contributed by atoms with Gasteiger partial charge in [-0.05, 0) is 18.6 Å². The van der Waals surface area contributed by atoms with Crippen molar-refractivity contribution in [2.75, 3.05) is 11.1 Å². The lowest BCUT2D eigenvalue weighted by Gasteiger charge is -2.18. The van der Waals surface area contributed by atoms with Gasteiger partial charge in [0.1, 0.15) is 11.9 Å². The molecule has 1 aromatic rings. The lowest BCUT2D eigenvalue weighted by atomic mass is 10.0. The number of benzene rings is 1. The SMILES string of the molecule is Nc1cc(F)ccc1C(O)C(O)CCBr. The van der Waals surface area contributed by atoms with Crippen LogP contribution in [0, 0.1) is 5.82 Å². The maximum Gasteiger partial charge on any atom is 0.125 e. The fourth-order valence-electron chi connectivity index (χ4n) is 1.29. The molecule has 1 rings (SSSR count). The Bertz CT molecular complexity index is 335. The largest absolute Gasteiger partial charge is 0.398 e. The van der Waals surface area contributed by atoms with E-state index in [1.165, 1.54) is 12.1 Å². The van der Waals surface area contributed by atoms with Gasteiger partial charge in [-0.25, -0.2) is 4.39 Å². The smallest absolute Gasteiger partial charge is 0.125 e. The van der Waals surface area contributed by atoms with Crippen LogP contribution in [0.25, 0.3) is 0 Å². The first-order valence-corrected chi connectivity index (χ1v) is 5.65. The van der Waals surface area contributed by atoms with Crippen LogP contribution in [0.4, 0.5) is 10.1 Å². The zero-order chi connectivity index (χ0) is 11.4. The molecule has 0 fully saturated rings. The summed E-state index contributed by atoms with van der Waals surface area (Å²) in [5.41, 5.74) is 6.03. The number of aliphatic hydroxyl groups is 2. The Morgan fingerprint density at radius 3 is 2.60 bits per heavy atom. The van der Waals surface area contributed by atoms with Gasteiger partial charge in [-0.3, -0.25) is 0 Å². The lowest BCUT2D eigenvalue weighted by Crippen LogP contribution is -2.19. The van der Waals surface area contributed by atoms with Crippen molar-refractivity contribution >= 4 is 21.6 Å². The predicted octanol–water partition coefficient (Wildman–Crippen LogP) is 1.59. The number of nitrogen functional groups attached to an aromatic ring is 1. The minimum absolute atomic E-state index is 0.149. The Morgan fingerprint density at radius 2 is 2.07 bits per heavy atom. The van der Waals surface area contributed by atoms with E-state index in [2.05, 4.69) is 15.9 Å². The topological polar surface area (TPSA) is 66.5 Å². The summed E-state index contributed by atoms with van der Waals surface area (Å²) in [7, 11) is 0. The summed E-state index contributed by atoms with van der Waals surface area (Å²) < 4.78 is 12.7. The van der Waals surface area contributed by atoms with Crippen molar-refractivity contribution in [1.29, 1.82) is 0 Å². The quantitative estimate of drug-likeness (QED) is 0.578. The Kier molecular flexibility index (Phi) is 4.50. The van der Waals surface area contributed by atoms with Crippen molar-refractivity contribution in [2.45, 2.75) is 18.6 Å². The maximum atomic E-state index is 12.7. The third-order valence-corrected chi connectivity index (χ3v) is 2.59. The molecule has 0 heterocycles. The Labute approximate surface area is 95.9 Å². The third kappa shape index (κ3) is 3.15. The number of alkyl halides is 1. The second-order valence-corrected chi connectivity index (χ2v) is 4.06.